The Bertz CT molecular complexity index is 673. The molecule has 0 amide bonds. The maximum Gasteiger partial charge on any atom is 0.365 e. The Morgan fingerprint density at radius 3 is 2.85 bits per heavy atom. The van der Waals surface area contributed by atoms with Crippen LogP contribution >= 0.6 is 11.3 Å². The molecule has 20 heavy (non-hydrogen) atoms. The lowest BCUT2D eigenvalue weighted by Gasteiger charge is -2.04. The van der Waals surface area contributed by atoms with Crippen molar-refractivity contribution in [1.82, 2.24) is 4.98 Å². The summed E-state index contributed by atoms with van der Waals surface area (Å²) in [4.78, 5) is 24.1. The summed E-state index contributed by atoms with van der Waals surface area (Å²) in [5.41, 5.74) is -0.0400. The molecule has 0 fully saturated rings. The minimum Gasteiger partial charge on any atom is -0.484 e. The minimum atomic E-state index is -1.15. The first-order valence-corrected chi connectivity index (χ1v) is 6.10. The van der Waals surface area contributed by atoms with Crippen molar-refractivity contribution in [1.29, 1.82) is 0 Å². The molecule has 0 atom stereocenters. The van der Waals surface area contributed by atoms with E-state index in [-0.39, 0.29) is 23.1 Å². The van der Waals surface area contributed by atoms with Crippen LogP contribution in [-0.4, -0.2) is 21.0 Å². The summed E-state index contributed by atoms with van der Waals surface area (Å²) in [7, 11) is 0. The molecule has 0 aliphatic rings. The van der Waals surface area contributed by atoms with Gasteiger partial charge in [0.25, 0.3) is 5.69 Å². The molecule has 104 valence electrons. The second kappa shape index (κ2) is 5.61. The summed E-state index contributed by atoms with van der Waals surface area (Å²) in [5, 5.41) is 20.5. The van der Waals surface area contributed by atoms with Crippen LogP contribution in [0, 0.1) is 15.9 Å². The number of non-ortho nitro benzene ring substituents is 1. The van der Waals surface area contributed by atoms with Gasteiger partial charge in [-0.3, -0.25) is 10.1 Å². The fourth-order valence-electron chi connectivity index (χ4n) is 1.34. The van der Waals surface area contributed by atoms with Crippen molar-refractivity contribution in [2.24, 2.45) is 0 Å². The summed E-state index contributed by atoms with van der Waals surface area (Å²) >= 11 is 0.930. The first-order valence-electron chi connectivity index (χ1n) is 5.22. The van der Waals surface area contributed by atoms with Gasteiger partial charge in [0.15, 0.2) is 11.6 Å². The van der Waals surface area contributed by atoms with Crippen molar-refractivity contribution in [3.8, 4) is 5.75 Å². The number of ether oxygens (including phenoxy) is 1. The van der Waals surface area contributed by atoms with Crippen LogP contribution in [0.2, 0.25) is 0 Å². The van der Waals surface area contributed by atoms with Crippen molar-refractivity contribution >= 4 is 23.0 Å². The molecule has 0 saturated heterocycles. The number of halogens is 1. The third-order valence-electron chi connectivity index (χ3n) is 2.24. The molecule has 0 aliphatic heterocycles. The van der Waals surface area contributed by atoms with Crippen molar-refractivity contribution in [2.75, 3.05) is 0 Å². The second-order valence-corrected chi connectivity index (χ2v) is 4.47. The standard InChI is InChI=1S/C11H7FN2O5S/c12-8-3-7(14(17)18)1-2-9(8)19-4-6-5-20-10(13-6)11(15)16/h1-3,5H,4H2,(H,15,16). The van der Waals surface area contributed by atoms with Crippen LogP contribution < -0.4 is 4.74 Å². The predicted molar refractivity (Wildman–Crippen MR) is 66.5 cm³/mol. The van der Waals surface area contributed by atoms with Crippen molar-refractivity contribution in [3.05, 3.63) is 50.2 Å². The van der Waals surface area contributed by atoms with Gasteiger partial charge >= 0.3 is 5.97 Å². The van der Waals surface area contributed by atoms with Crippen molar-refractivity contribution in [3.63, 3.8) is 0 Å². The van der Waals surface area contributed by atoms with E-state index in [1.54, 1.807) is 0 Å². The van der Waals surface area contributed by atoms with Crippen LogP contribution in [0.5, 0.6) is 5.75 Å². The molecule has 7 nitrogen and oxygen atoms in total. The number of carboxylic acids is 1. The van der Waals surface area contributed by atoms with E-state index in [0.717, 1.165) is 29.5 Å². The Labute approximate surface area is 115 Å². The van der Waals surface area contributed by atoms with E-state index >= 15 is 0 Å². The zero-order valence-corrected chi connectivity index (χ0v) is 10.6. The normalized spacial score (nSPS) is 10.2. The van der Waals surface area contributed by atoms with Gasteiger partial charge in [0.2, 0.25) is 5.01 Å². The second-order valence-electron chi connectivity index (χ2n) is 3.61. The van der Waals surface area contributed by atoms with Gasteiger partial charge in [0.05, 0.1) is 16.7 Å². The average molecular weight is 298 g/mol. The third kappa shape index (κ3) is 3.06. The molecule has 2 aromatic rings. The molecule has 1 N–H and O–H groups in total. The van der Waals surface area contributed by atoms with Crippen LogP contribution in [0.3, 0.4) is 0 Å². The number of thiazole rings is 1. The van der Waals surface area contributed by atoms with E-state index in [4.69, 9.17) is 9.84 Å². The van der Waals surface area contributed by atoms with Gasteiger partial charge in [-0.2, -0.15) is 0 Å². The summed E-state index contributed by atoms with van der Waals surface area (Å²) in [5.74, 6) is -2.18. The number of nitrogens with zero attached hydrogens (tertiary/aromatic N) is 2. The summed E-state index contributed by atoms with van der Waals surface area (Å²) in [6.45, 7) is -0.126. The zero-order valence-electron chi connectivity index (χ0n) is 9.78. The number of aromatic nitrogens is 1. The molecule has 0 aliphatic carbocycles. The fourth-order valence-corrected chi connectivity index (χ4v) is 1.98. The molecule has 9 heteroatoms. The number of carbonyl (C=O) groups is 1. The molecule has 0 bridgehead atoms. The van der Waals surface area contributed by atoms with Gasteiger partial charge in [-0.25, -0.2) is 14.2 Å². The van der Waals surface area contributed by atoms with Crippen LogP contribution in [0.4, 0.5) is 10.1 Å². The van der Waals surface area contributed by atoms with E-state index in [2.05, 4.69) is 4.98 Å². The monoisotopic (exact) mass is 298 g/mol. The Balaban J connectivity index is 2.06. The lowest BCUT2D eigenvalue weighted by atomic mass is 10.3. The minimum absolute atomic E-state index is 0.0900. The van der Waals surface area contributed by atoms with Gasteiger partial charge in [-0.15, -0.1) is 11.3 Å². The third-order valence-corrected chi connectivity index (χ3v) is 3.12. The maximum atomic E-state index is 13.5. The highest BCUT2D eigenvalue weighted by Gasteiger charge is 2.13. The smallest absolute Gasteiger partial charge is 0.365 e. The number of hydrogen-bond acceptors (Lipinski definition) is 6. The molecule has 2 rings (SSSR count). The summed E-state index contributed by atoms with van der Waals surface area (Å²) in [6.07, 6.45) is 0. The first-order chi connectivity index (χ1) is 9.47. The molecular formula is C11H7FN2O5S. The zero-order chi connectivity index (χ0) is 14.7. The molecule has 0 spiro atoms. The Morgan fingerprint density at radius 1 is 1.55 bits per heavy atom. The van der Waals surface area contributed by atoms with Crippen LogP contribution in [-0.2, 0) is 6.61 Å². The molecule has 1 aromatic carbocycles. The largest absolute Gasteiger partial charge is 0.484 e. The SMILES string of the molecule is O=C(O)c1nc(COc2ccc([N+](=O)[O-])cc2F)cs1. The molecule has 1 aromatic heterocycles. The lowest BCUT2D eigenvalue weighted by Crippen LogP contribution is -2.00. The predicted octanol–water partition coefficient (Wildman–Crippen LogP) is 2.47. The van der Waals surface area contributed by atoms with E-state index in [1.165, 1.54) is 5.38 Å². The number of carboxylic acid groups (broad SMARTS) is 1. The molecule has 0 unspecified atom stereocenters. The Morgan fingerprint density at radius 2 is 2.30 bits per heavy atom. The van der Waals surface area contributed by atoms with Crippen molar-refractivity contribution < 1.29 is 24.0 Å². The highest BCUT2D eigenvalue weighted by atomic mass is 32.1. The van der Waals surface area contributed by atoms with Gasteiger partial charge in [-0.05, 0) is 6.07 Å². The van der Waals surface area contributed by atoms with Crippen LogP contribution in [0.1, 0.15) is 15.5 Å². The number of benzene rings is 1. The number of aromatic carboxylic acids is 1. The van der Waals surface area contributed by atoms with E-state index in [1.807, 2.05) is 0 Å². The number of rotatable bonds is 5. The highest BCUT2D eigenvalue weighted by Crippen LogP contribution is 2.23. The molecule has 0 radical (unpaired) electrons. The number of hydrogen-bond donors (Lipinski definition) is 1. The van der Waals surface area contributed by atoms with E-state index in [9.17, 15) is 19.3 Å². The Kier molecular flexibility index (Phi) is 3.89. The van der Waals surface area contributed by atoms with Gasteiger partial charge in [0, 0.05) is 11.4 Å². The van der Waals surface area contributed by atoms with Crippen LogP contribution in [0.15, 0.2) is 23.6 Å². The summed E-state index contributed by atoms with van der Waals surface area (Å²) in [6, 6.07) is 3.00. The Hall–Kier alpha value is -2.55. The highest BCUT2D eigenvalue weighted by molar-refractivity contribution is 7.11. The summed E-state index contributed by atoms with van der Waals surface area (Å²) < 4.78 is 18.6. The first kappa shape index (κ1) is 13.9. The van der Waals surface area contributed by atoms with E-state index in [0.29, 0.717) is 5.69 Å². The maximum absolute atomic E-state index is 13.5. The molecular weight excluding hydrogens is 291 g/mol. The van der Waals surface area contributed by atoms with Crippen molar-refractivity contribution in [2.45, 2.75) is 6.61 Å². The number of nitro groups is 1. The van der Waals surface area contributed by atoms with Gasteiger partial charge in [-0.1, -0.05) is 0 Å². The van der Waals surface area contributed by atoms with Crippen LogP contribution in [0.25, 0.3) is 0 Å². The lowest BCUT2D eigenvalue weighted by molar-refractivity contribution is -0.385. The van der Waals surface area contributed by atoms with E-state index < -0.39 is 16.7 Å². The topological polar surface area (TPSA) is 103 Å². The molecule has 1 heterocycles. The van der Waals surface area contributed by atoms with Gasteiger partial charge < -0.3 is 9.84 Å². The average Bonchev–Trinajstić information content (AvgIpc) is 2.86. The number of nitro benzene ring substituents is 1. The molecule has 0 saturated carbocycles. The van der Waals surface area contributed by atoms with Gasteiger partial charge in [0.1, 0.15) is 6.61 Å². The quantitative estimate of drug-likeness (QED) is 0.672. The fraction of sp³-hybridized carbons (Fsp3) is 0.0909.